The molecule has 0 radical (unpaired) electrons. The predicted octanol–water partition coefficient (Wildman–Crippen LogP) is 1.72. The number of carboxylic acids is 1. The molecule has 16 heavy (non-hydrogen) atoms. The lowest BCUT2D eigenvalue weighted by Crippen LogP contribution is -2.37. The Kier molecular flexibility index (Phi) is 4.31. The molecule has 1 N–H and O–H groups in total. The minimum absolute atomic E-state index is 0.0886. The Bertz CT molecular complexity index is 290. The zero-order valence-electron chi connectivity index (χ0n) is 10.1. The Labute approximate surface area is 96.9 Å². The third-order valence-electron chi connectivity index (χ3n) is 2.95. The molecule has 0 saturated heterocycles. The first-order chi connectivity index (χ1) is 7.47. The smallest absolute Gasteiger partial charge is 0.317 e. The molecule has 0 bridgehead atoms. The number of rotatable bonds is 7. The highest BCUT2D eigenvalue weighted by atomic mass is 16.4. The van der Waals surface area contributed by atoms with Gasteiger partial charge in [-0.2, -0.15) is 5.26 Å². The van der Waals surface area contributed by atoms with E-state index in [-0.39, 0.29) is 12.0 Å². The monoisotopic (exact) mass is 224 g/mol. The quantitative estimate of drug-likeness (QED) is 0.715. The van der Waals surface area contributed by atoms with Gasteiger partial charge in [-0.1, -0.05) is 13.8 Å². The third-order valence-corrected chi connectivity index (χ3v) is 2.95. The SMILES string of the molecule is CC(C)CN(CC(=O)O)CC1(CC#N)CC1. The Morgan fingerprint density at radius 2 is 2.19 bits per heavy atom. The van der Waals surface area contributed by atoms with Crippen molar-refractivity contribution in [3.63, 3.8) is 0 Å². The second-order valence-electron chi connectivity index (χ2n) is 5.29. The number of carboxylic acid groups (broad SMARTS) is 1. The number of hydrogen-bond donors (Lipinski definition) is 1. The maximum absolute atomic E-state index is 10.7. The first-order valence-corrected chi connectivity index (χ1v) is 5.78. The summed E-state index contributed by atoms with van der Waals surface area (Å²) in [5.41, 5.74) is 0.0963. The van der Waals surface area contributed by atoms with E-state index in [0.717, 1.165) is 25.9 Å². The maximum atomic E-state index is 10.7. The molecule has 0 aliphatic heterocycles. The molecule has 1 aliphatic carbocycles. The van der Waals surface area contributed by atoms with Crippen LogP contribution in [0.1, 0.15) is 33.1 Å². The Balaban J connectivity index is 2.50. The summed E-state index contributed by atoms with van der Waals surface area (Å²) in [7, 11) is 0. The molecule has 90 valence electrons. The minimum Gasteiger partial charge on any atom is -0.480 e. The lowest BCUT2D eigenvalue weighted by molar-refractivity contribution is -0.138. The fraction of sp³-hybridized carbons (Fsp3) is 0.833. The van der Waals surface area contributed by atoms with Crippen LogP contribution < -0.4 is 0 Å². The van der Waals surface area contributed by atoms with Crippen LogP contribution in [0.25, 0.3) is 0 Å². The molecule has 0 aromatic heterocycles. The number of aliphatic carboxylic acids is 1. The van der Waals surface area contributed by atoms with E-state index in [1.165, 1.54) is 0 Å². The molecule has 0 unspecified atom stereocenters. The van der Waals surface area contributed by atoms with Crippen molar-refractivity contribution in [3.05, 3.63) is 0 Å². The van der Waals surface area contributed by atoms with Crippen LogP contribution in [-0.2, 0) is 4.79 Å². The number of nitriles is 1. The molecule has 0 amide bonds. The zero-order valence-corrected chi connectivity index (χ0v) is 10.1. The molecule has 1 rings (SSSR count). The molecule has 1 aliphatic rings. The van der Waals surface area contributed by atoms with Crippen molar-refractivity contribution in [3.8, 4) is 6.07 Å². The number of nitrogens with zero attached hydrogens (tertiary/aromatic N) is 2. The Morgan fingerprint density at radius 1 is 1.56 bits per heavy atom. The summed E-state index contributed by atoms with van der Waals surface area (Å²) in [4.78, 5) is 12.7. The van der Waals surface area contributed by atoms with Gasteiger partial charge >= 0.3 is 5.97 Å². The van der Waals surface area contributed by atoms with Gasteiger partial charge in [0.25, 0.3) is 0 Å². The van der Waals surface area contributed by atoms with Crippen molar-refractivity contribution >= 4 is 5.97 Å². The third kappa shape index (κ3) is 4.19. The van der Waals surface area contributed by atoms with Gasteiger partial charge < -0.3 is 5.11 Å². The van der Waals surface area contributed by atoms with Gasteiger partial charge in [0.1, 0.15) is 0 Å². The van der Waals surface area contributed by atoms with Gasteiger partial charge in [0.05, 0.1) is 12.6 Å². The van der Waals surface area contributed by atoms with Gasteiger partial charge in [-0.05, 0) is 24.2 Å². The van der Waals surface area contributed by atoms with Crippen molar-refractivity contribution in [1.82, 2.24) is 4.90 Å². The molecule has 1 fully saturated rings. The van der Waals surface area contributed by atoms with Crippen LogP contribution >= 0.6 is 0 Å². The average molecular weight is 224 g/mol. The molecule has 1 saturated carbocycles. The van der Waals surface area contributed by atoms with Crippen LogP contribution in [0.4, 0.5) is 0 Å². The molecular formula is C12H20N2O2. The molecule has 4 nitrogen and oxygen atoms in total. The van der Waals surface area contributed by atoms with Crippen molar-refractivity contribution in [2.45, 2.75) is 33.1 Å². The second-order valence-corrected chi connectivity index (χ2v) is 5.29. The molecular weight excluding hydrogens is 204 g/mol. The van der Waals surface area contributed by atoms with E-state index in [4.69, 9.17) is 10.4 Å². The number of carbonyl (C=O) groups is 1. The molecule has 0 heterocycles. The van der Waals surface area contributed by atoms with Crippen LogP contribution in [0.5, 0.6) is 0 Å². The van der Waals surface area contributed by atoms with E-state index in [2.05, 4.69) is 19.9 Å². The minimum atomic E-state index is -0.784. The standard InChI is InChI=1S/C12H20N2O2/c1-10(2)7-14(8-11(15)16)9-12(3-4-12)5-6-13/h10H,3-5,7-9H2,1-2H3,(H,15,16). The van der Waals surface area contributed by atoms with Gasteiger partial charge in [0, 0.05) is 19.5 Å². The molecule has 0 atom stereocenters. The Morgan fingerprint density at radius 3 is 2.56 bits per heavy atom. The summed E-state index contributed by atoms with van der Waals surface area (Å²) in [6.07, 6.45) is 2.69. The maximum Gasteiger partial charge on any atom is 0.317 e. The lowest BCUT2D eigenvalue weighted by Gasteiger charge is -2.26. The lowest BCUT2D eigenvalue weighted by atomic mass is 10.0. The van der Waals surface area contributed by atoms with Gasteiger partial charge in [-0.15, -0.1) is 0 Å². The van der Waals surface area contributed by atoms with Crippen LogP contribution in [0, 0.1) is 22.7 Å². The highest BCUT2D eigenvalue weighted by molar-refractivity contribution is 5.69. The zero-order chi connectivity index (χ0) is 12.2. The van der Waals surface area contributed by atoms with Gasteiger partial charge in [-0.3, -0.25) is 9.69 Å². The van der Waals surface area contributed by atoms with E-state index in [1.54, 1.807) is 0 Å². The van der Waals surface area contributed by atoms with Crippen LogP contribution in [0.3, 0.4) is 0 Å². The normalized spacial score (nSPS) is 17.4. The average Bonchev–Trinajstić information content (AvgIpc) is 2.82. The molecule has 4 heteroatoms. The first kappa shape index (κ1) is 13.0. The van der Waals surface area contributed by atoms with Crippen molar-refractivity contribution in [1.29, 1.82) is 5.26 Å². The molecule has 0 spiro atoms. The van der Waals surface area contributed by atoms with Gasteiger partial charge in [-0.25, -0.2) is 0 Å². The Hall–Kier alpha value is -1.08. The van der Waals surface area contributed by atoms with E-state index < -0.39 is 5.97 Å². The predicted molar refractivity (Wildman–Crippen MR) is 60.8 cm³/mol. The first-order valence-electron chi connectivity index (χ1n) is 5.78. The topological polar surface area (TPSA) is 64.3 Å². The summed E-state index contributed by atoms with van der Waals surface area (Å²) in [6, 6.07) is 2.21. The van der Waals surface area contributed by atoms with E-state index in [0.29, 0.717) is 12.3 Å². The summed E-state index contributed by atoms with van der Waals surface area (Å²) < 4.78 is 0. The van der Waals surface area contributed by atoms with Crippen LogP contribution in [0.15, 0.2) is 0 Å². The van der Waals surface area contributed by atoms with E-state index in [9.17, 15) is 4.79 Å². The fourth-order valence-electron chi connectivity index (χ4n) is 2.10. The van der Waals surface area contributed by atoms with Gasteiger partial charge in [0.2, 0.25) is 0 Å². The molecule has 0 aromatic rings. The highest BCUT2D eigenvalue weighted by Gasteiger charge is 2.43. The van der Waals surface area contributed by atoms with Crippen LogP contribution in [-0.4, -0.2) is 35.6 Å². The van der Waals surface area contributed by atoms with Gasteiger partial charge in [0.15, 0.2) is 0 Å². The van der Waals surface area contributed by atoms with Crippen molar-refractivity contribution in [2.75, 3.05) is 19.6 Å². The van der Waals surface area contributed by atoms with E-state index >= 15 is 0 Å². The van der Waals surface area contributed by atoms with Crippen LogP contribution in [0.2, 0.25) is 0 Å². The van der Waals surface area contributed by atoms with Crippen molar-refractivity contribution in [2.24, 2.45) is 11.3 Å². The second kappa shape index (κ2) is 5.31. The summed E-state index contributed by atoms with van der Waals surface area (Å²) in [6.45, 7) is 5.80. The van der Waals surface area contributed by atoms with E-state index in [1.807, 2.05) is 4.90 Å². The number of hydrogen-bond acceptors (Lipinski definition) is 3. The van der Waals surface area contributed by atoms with Crippen molar-refractivity contribution < 1.29 is 9.90 Å². The fourth-order valence-corrected chi connectivity index (χ4v) is 2.10. The summed E-state index contributed by atoms with van der Waals surface area (Å²) in [5, 5.41) is 17.6. The highest BCUT2D eigenvalue weighted by Crippen LogP contribution is 2.49. The summed E-state index contributed by atoms with van der Waals surface area (Å²) >= 11 is 0. The largest absolute Gasteiger partial charge is 0.480 e. The molecule has 0 aromatic carbocycles. The summed E-state index contributed by atoms with van der Waals surface area (Å²) in [5.74, 6) is -0.328.